The summed E-state index contributed by atoms with van der Waals surface area (Å²) in [5.41, 5.74) is 8.44. The number of nitrogens with zero attached hydrogens (tertiary/aromatic N) is 4. The zero-order chi connectivity index (χ0) is 24.0. The highest BCUT2D eigenvalue weighted by molar-refractivity contribution is 5.80. The van der Waals surface area contributed by atoms with Crippen LogP contribution in [0.15, 0.2) is 43.1 Å². The summed E-state index contributed by atoms with van der Waals surface area (Å²) in [4.78, 5) is 17.4. The van der Waals surface area contributed by atoms with Gasteiger partial charge in [0.25, 0.3) is 0 Å². The fraction of sp³-hybridized carbons (Fsp3) is 0.577. The van der Waals surface area contributed by atoms with E-state index in [0.29, 0.717) is 24.9 Å². The van der Waals surface area contributed by atoms with Crippen LogP contribution < -0.4 is 16.2 Å². The van der Waals surface area contributed by atoms with Gasteiger partial charge in [0.1, 0.15) is 0 Å². The van der Waals surface area contributed by atoms with Crippen LogP contribution >= 0.6 is 0 Å². The lowest BCUT2D eigenvalue weighted by Crippen LogP contribution is -2.49. The van der Waals surface area contributed by atoms with Crippen LogP contribution in [-0.4, -0.2) is 48.0 Å². The van der Waals surface area contributed by atoms with Crippen LogP contribution in [0.1, 0.15) is 56.6 Å². The molecule has 2 aromatic heterocycles. The summed E-state index contributed by atoms with van der Waals surface area (Å²) in [6, 6.07) is 7.03. The second-order valence-corrected chi connectivity index (χ2v) is 10.9. The maximum Gasteiger partial charge on any atom is 0.223 e. The Morgan fingerprint density at radius 3 is 3.06 bits per heavy atom. The first kappa shape index (κ1) is 22.7. The predicted octanol–water partition coefficient (Wildman–Crippen LogP) is 2.19. The van der Waals surface area contributed by atoms with Gasteiger partial charge in [0.05, 0.1) is 30.0 Å². The van der Waals surface area contributed by atoms with Crippen molar-refractivity contribution < 1.29 is 9.90 Å². The SMILES string of the molecule is Cn1cc2cc(C3NNC4CCC(C(=O)N[C@@H]5CCC[C@](O)(Cn6ccnc6)C5)CC43)ccc2n1. The Morgan fingerprint density at radius 1 is 1.29 bits per heavy atom. The first-order valence-corrected chi connectivity index (χ1v) is 12.9. The van der Waals surface area contributed by atoms with E-state index in [1.807, 2.05) is 28.7 Å². The van der Waals surface area contributed by atoms with Crippen molar-refractivity contribution in [2.24, 2.45) is 18.9 Å². The molecule has 2 aliphatic carbocycles. The lowest BCUT2D eigenvalue weighted by atomic mass is 9.74. The van der Waals surface area contributed by atoms with Crippen LogP contribution in [0.4, 0.5) is 0 Å². The van der Waals surface area contributed by atoms with Gasteiger partial charge in [-0.1, -0.05) is 6.07 Å². The van der Waals surface area contributed by atoms with Crippen molar-refractivity contribution in [2.45, 2.75) is 75.2 Å². The number of hydrogen-bond acceptors (Lipinski definition) is 6. The van der Waals surface area contributed by atoms with E-state index in [9.17, 15) is 9.90 Å². The van der Waals surface area contributed by atoms with Crippen LogP contribution in [0.3, 0.4) is 0 Å². The normalized spacial score (nSPS) is 33.0. The second-order valence-electron chi connectivity index (χ2n) is 10.9. The average Bonchev–Trinajstić information content (AvgIpc) is 3.57. The number of aryl methyl sites for hydroxylation is 1. The number of fused-ring (bicyclic) bond motifs is 2. The minimum Gasteiger partial charge on any atom is -0.388 e. The molecule has 186 valence electrons. The third kappa shape index (κ3) is 4.60. The topological polar surface area (TPSA) is 109 Å². The average molecular weight is 478 g/mol. The lowest BCUT2D eigenvalue weighted by Gasteiger charge is -2.38. The van der Waals surface area contributed by atoms with Gasteiger partial charge in [0.2, 0.25) is 5.91 Å². The molecule has 6 atom stereocenters. The number of aliphatic hydroxyl groups is 1. The molecular weight excluding hydrogens is 442 g/mol. The first-order chi connectivity index (χ1) is 17.0. The summed E-state index contributed by atoms with van der Waals surface area (Å²) >= 11 is 0. The standard InChI is InChI=1S/C26H35N7O2/c1-32-14-19-11-17(4-6-22(19)31-32)24-21-12-18(5-7-23(21)29-30-24)25(34)28-20-3-2-8-26(35,13-20)15-33-10-9-27-16-33/h4,6,9-11,14,16,18,20-21,23-24,29-30,35H,2-3,5,7-8,12-13,15H2,1H3,(H,28,34)/t18?,20-,21?,23?,24?,26-/m1/s1. The summed E-state index contributed by atoms with van der Waals surface area (Å²) in [6.07, 6.45) is 13.3. The van der Waals surface area contributed by atoms with E-state index in [1.54, 1.807) is 12.5 Å². The summed E-state index contributed by atoms with van der Waals surface area (Å²) in [7, 11) is 1.94. The lowest BCUT2D eigenvalue weighted by molar-refractivity contribution is -0.128. The number of carbonyl (C=O) groups excluding carboxylic acids is 1. The van der Waals surface area contributed by atoms with Gasteiger partial charge in [-0.2, -0.15) is 5.10 Å². The highest BCUT2D eigenvalue weighted by Crippen LogP contribution is 2.41. The molecule has 3 heterocycles. The molecule has 1 aliphatic heterocycles. The van der Waals surface area contributed by atoms with Gasteiger partial charge in [-0.3, -0.25) is 14.9 Å². The largest absolute Gasteiger partial charge is 0.388 e. The summed E-state index contributed by atoms with van der Waals surface area (Å²) < 4.78 is 3.77. The highest BCUT2D eigenvalue weighted by atomic mass is 16.3. The predicted molar refractivity (Wildman–Crippen MR) is 132 cm³/mol. The molecule has 3 aliphatic rings. The van der Waals surface area contributed by atoms with Crippen LogP contribution in [0.2, 0.25) is 0 Å². The quantitative estimate of drug-likeness (QED) is 0.449. The molecule has 3 aromatic rings. The smallest absolute Gasteiger partial charge is 0.223 e. The zero-order valence-corrected chi connectivity index (χ0v) is 20.2. The summed E-state index contributed by atoms with van der Waals surface area (Å²) in [5.74, 6) is 0.512. The van der Waals surface area contributed by atoms with Crippen LogP contribution in [0, 0.1) is 11.8 Å². The van der Waals surface area contributed by atoms with E-state index >= 15 is 0 Å². The Morgan fingerprint density at radius 2 is 2.20 bits per heavy atom. The summed E-state index contributed by atoms with van der Waals surface area (Å²) in [6.45, 7) is 0.521. The molecule has 4 unspecified atom stereocenters. The van der Waals surface area contributed by atoms with E-state index in [4.69, 9.17) is 0 Å². The van der Waals surface area contributed by atoms with Gasteiger partial charge < -0.3 is 15.0 Å². The third-order valence-corrected chi connectivity index (χ3v) is 8.33. The fourth-order valence-electron chi connectivity index (χ4n) is 6.63. The second kappa shape index (κ2) is 9.04. The number of carbonyl (C=O) groups is 1. The molecule has 6 rings (SSSR count). The molecule has 4 N–H and O–H groups in total. The van der Waals surface area contributed by atoms with Crippen molar-refractivity contribution in [1.82, 2.24) is 35.5 Å². The van der Waals surface area contributed by atoms with Crippen molar-refractivity contribution in [3.63, 3.8) is 0 Å². The molecule has 1 saturated heterocycles. The Labute approximate surface area is 205 Å². The molecule has 0 spiro atoms. The van der Waals surface area contributed by atoms with Crippen LogP contribution in [0.25, 0.3) is 10.9 Å². The molecule has 1 aromatic carbocycles. The number of aromatic nitrogens is 4. The monoisotopic (exact) mass is 477 g/mol. The van der Waals surface area contributed by atoms with Crippen LogP contribution in [0.5, 0.6) is 0 Å². The van der Waals surface area contributed by atoms with Crippen molar-refractivity contribution in [2.75, 3.05) is 0 Å². The molecule has 0 bridgehead atoms. The van der Waals surface area contributed by atoms with Crippen molar-refractivity contribution in [3.05, 3.63) is 48.7 Å². The van der Waals surface area contributed by atoms with Gasteiger partial charge >= 0.3 is 0 Å². The Bertz CT molecular complexity index is 1190. The number of amides is 1. The molecule has 0 radical (unpaired) electrons. The molecule has 35 heavy (non-hydrogen) atoms. The molecule has 9 heteroatoms. The van der Waals surface area contributed by atoms with Gasteiger partial charge in [-0.15, -0.1) is 0 Å². The number of hydrogen-bond donors (Lipinski definition) is 4. The Kier molecular flexibility index (Phi) is 5.86. The van der Waals surface area contributed by atoms with E-state index in [-0.39, 0.29) is 23.9 Å². The molecular formula is C26H35N7O2. The maximum atomic E-state index is 13.3. The fourth-order valence-corrected chi connectivity index (χ4v) is 6.63. The number of rotatable bonds is 5. The van der Waals surface area contributed by atoms with Gasteiger partial charge in [0, 0.05) is 49.0 Å². The van der Waals surface area contributed by atoms with Crippen molar-refractivity contribution in [1.29, 1.82) is 0 Å². The summed E-state index contributed by atoms with van der Waals surface area (Å²) in [5, 5.41) is 20.1. The van der Waals surface area contributed by atoms with Crippen molar-refractivity contribution in [3.8, 4) is 0 Å². The minimum atomic E-state index is -0.802. The van der Waals surface area contributed by atoms with Gasteiger partial charge in [0.15, 0.2) is 0 Å². The van der Waals surface area contributed by atoms with Crippen molar-refractivity contribution >= 4 is 16.8 Å². The van der Waals surface area contributed by atoms with E-state index < -0.39 is 5.60 Å². The van der Waals surface area contributed by atoms with Crippen LogP contribution in [-0.2, 0) is 18.4 Å². The Balaban J connectivity index is 1.10. The van der Waals surface area contributed by atoms with E-state index in [1.165, 1.54) is 5.56 Å². The molecule has 3 fully saturated rings. The number of nitrogens with one attached hydrogen (secondary N) is 3. The maximum absolute atomic E-state index is 13.3. The zero-order valence-electron chi connectivity index (χ0n) is 20.2. The van der Waals surface area contributed by atoms with E-state index in [2.05, 4.69) is 44.5 Å². The number of imidazole rings is 1. The number of hydrazine groups is 1. The third-order valence-electron chi connectivity index (χ3n) is 8.33. The Hall–Kier alpha value is -2.75. The van der Waals surface area contributed by atoms with Gasteiger partial charge in [-0.25, -0.2) is 10.4 Å². The molecule has 2 saturated carbocycles. The first-order valence-electron chi connectivity index (χ1n) is 12.9. The molecule has 9 nitrogen and oxygen atoms in total. The molecule has 1 amide bonds. The highest BCUT2D eigenvalue weighted by Gasteiger charge is 2.43. The minimum absolute atomic E-state index is 0.00578. The van der Waals surface area contributed by atoms with Gasteiger partial charge in [-0.05, 0) is 68.6 Å². The number of benzene rings is 1. The van der Waals surface area contributed by atoms with E-state index in [0.717, 1.165) is 49.4 Å².